The summed E-state index contributed by atoms with van der Waals surface area (Å²) in [6.45, 7) is 7.21. The Morgan fingerprint density at radius 2 is 2.36 bits per heavy atom. The zero-order chi connectivity index (χ0) is 22.3. The summed E-state index contributed by atoms with van der Waals surface area (Å²) < 4.78 is 26.0. The standard InChI is InChI=1S/C17H26BN3O5PS/c1-4-5-6-12-9-13(7-8-25-28-27-18)16(15(12)22)26-17-14(21(23)24)10(2)19-11(3)20-17/h4,12-13,15-16,18,22,27H,1,5-9H2,2-3H3/t12-,13-,15-,16+,27?/m0/s1/i18T,27D. The number of allylic oxidation sites excluding steroid dienone is 1. The van der Waals surface area contributed by atoms with E-state index in [-0.39, 0.29) is 29.1 Å². The highest BCUT2D eigenvalue weighted by Crippen LogP contribution is 2.41. The van der Waals surface area contributed by atoms with Crippen LogP contribution >= 0.6 is 19.3 Å². The second kappa shape index (κ2) is 11.1. The fourth-order valence-electron chi connectivity index (χ4n) is 3.64. The predicted molar refractivity (Wildman–Crippen MR) is 113 cm³/mol. The molecule has 1 fully saturated rings. The van der Waals surface area contributed by atoms with Gasteiger partial charge in [0.1, 0.15) is 25.2 Å². The molecular weight excluding hydrogens is 400 g/mol. The van der Waals surface area contributed by atoms with Crippen LogP contribution in [-0.2, 0) is 4.18 Å². The number of ether oxygens (including phenoxy) is 1. The Labute approximate surface area is 174 Å². The van der Waals surface area contributed by atoms with Gasteiger partial charge in [0, 0.05) is 17.6 Å². The Morgan fingerprint density at radius 1 is 1.57 bits per heavy atom. The van der Waals surface area contributed by atoms with E-state index < -0.39 is 24.7 Å². The topological polar surface area (TPSA) is 108 Å². The van der Waals surface area contributed by atoms with Crippen molar-refractivity contribution in [3.05, 3.63) is 34.3 Å². The summed E-state index contributed by atoms with van der Waals surface area (Å²) in [5.41, 5.74) is -0.0800. The molecule has 0 aliphatic heterocycles. The van der Waals surface area contributed by atoms with E-state index in [0.29, 0.717) is 25.3 Å². The highest BCUT2D eigenvalue weighted by Gasteiger charge is 2.44. The lowest BCUT2D eigenvalue weighted by Crippen LogP contribution is -2.35. The quantitative estimate of drug-likeness (QED) is 0.103. The van der Waals surface area contributed by atoms with Crippen molar-refractivity contribution < 1.29 is 18.9 Å². The van der Waals surface area contributed by atoms with Crippen LogP contribution in [0.4, 0.5) is 5.69 Å². The Balaban J connectivity index is 2.18. The van der Waals surface area contributed by atoms with Crippen LogP contribution in [0.3, 0.4) is 0 Å². The fourth-order valence-corrected chi connectivity index (χ4v) is 4.28. The maximum Gasteiger partial charge on any atom is 0.351 e. The number of aliphatic hydroxyl groups excluding tert-OH is 1. The van der Waals surface area contributed by atoms with E-state index in [0.717, 1.165) is 32.0 Å². The molecule has 2 rings (SSSR count). The Bertz CT molecular complexity index is 754. The second-order valence-corrected chi connectivity index (χ2v) is 8.43. The van der Waals surface area contributed by atoms with E-state index in [1.165, 1.54) is 6.92 Å². The number of nitro groups is 1. The molecule has 0 spiro atoms. The van der Waals surface area contributed by atoms with Crippen molar-refractivity contribution in [1.29, 1.82) is 2.61 Å². The van der Waals surface area contributed by atoms with Gasteiger partial charge in [-0.2, -0.15) is 4.98 Å². The SMILES string of the molecule is [2H]P([B][3H])SOCC[C@H]1C[C@H](CCC=C)[C@H](O)[C@@H]1Oc1nc(C)nc(C)c1[N+](=O)[O-]. The number of aryl methyl sites for hydroxylation is 2. The number of aromatic nitrogens is 2. The minimum absolute atomic E-state index is 0.0244. The summed E-state index contributed by atoms with van der Waals surface area (Å²) in [7, 11) is -0.358. The molecule has 28 heavy (non-hydrogen) atoms. The molecule has 1 unspecified atom stereocenters. The van der Waals surface area contributed by atoms with Crippen LogP contribution in [-0.4, -0.2) is 49.0 Å². The van der Waals surface area contributed by atoms with Gasteiger partial charge < -0.3 is 14.0 Å². The molecule has 11 heteroatoms. The molecule has 1 aliphatic carbocycles. The number of hydrogen-bond acceptors (Lipinski definition) is 8. The lowest BCUT2D eigenvalue weighted by molar-refractivity contribution is -0.387. The average Bonchev–Trinajstić information content (AvgIpc) is 2.97. The first-order valence-corrected chi connectivity index (χ1v) is 11.3. The first-order valence-electron chi connectivity index (χ1n) is 10.1. The van der Waals surface area contributed by atoms with Crippen LogP contribution in [0.5, 0.6) is 5.88 Å². The van der Waals surface area contributed by atoms with Gasteiger partial charge in [-0.1, -0.05) is 13.7 Å². The van der Waals surface area contributed by atoms with E-state index in [9.17, 15) is 15.2 Å². The molecule has 0 bridgehead atoms. The summed E-state index contributed by atoms with van der Waals surface area (Å²) in [5.74, 6) is 0.110. The average molecular weight is 429 g/mol. The largest absolute Gasteiger partial charge is 0.466 e. The van der Waals surface area contributed by atoms with Gasteiger partial charge in [0.05, 0.1) is 18.9 Å². The zero-order valence-electron chi connectivity index (χ0n) is 18.0. The maximum atomic E-state index is 11.5. The Kier molecular flexibility index (Phi) is 7.95. The molecule has 1 saturated carbocycles. The first kappa shape index (κ1) is 20.1. The summed E-state index contributed by atoms with van der Waals surface area (Å²) in [5, 5.41) is 22.4. The molecule has 0 amide bonds. The molecule has 5 atom stereocenters. The van der Waals surface area contributed by atoms with Gasteiger partial charge in [0.25, 0.3) is 5.88 Å². The van der Waals surface area contributed by atoms with E-state index in [2.05, 4.69) is 16.5 Å². The lowest BCUT2D eigenvalue weighted by atomic mass is 9.98. The van der Waals surface area contributed by atoms with Crippen molar-refractivity contribution in [3.8, 4) is 5.88 Å². The van der Waals surface area contributed by atoms with Crippen molar-refractivity contribution >= 4 is 32.5 Å². The normalized spacial score (nSPS) is 26.2. The van der Waals surface area contributed by atoms with Crippen LogP contribution < -0.4 is 4.74 Å². The van der Waals surface area contributed by atoms with Gasteiger partial charge in [0.15, 0.2) is 0 Å². The second-order valence-electron chi connectivity index (χ2n) is 6.75. The van der Waals surface area contributed by atoms with Gasteiger partial charge in [-0.25, -0.2) is 4.98 Å². The minimum Gasteiger partial charge on any atom is -0.466 e. The first-order chi connectivity index (χ1) is 14.3. The zero-order valence-corrected chi connectivity index (χ0v) is 17.7. The van der Waals surface area contributed by atoms with Gasteiger partial charge in [0.2, 0.25) is 0 Å². The minimum atomic E-state index is -1.40. The number of aliphatic hydroxyl groups is 1. The van der Waals surface area contributed by atoms with Crippen molar-refractivity contribution in [2.24, 2.45) is 11.8 Å². The van der Waals surface area contributed by atoms with E-state index in [1.54, 1.807) is 13.0 Å². The molecule has 1 aromatic rings. The summed E-state index contributed by atoms with van der Waals surface area (Å²) in [4.78, 5) is 19.1. The fraction of sp³-hybridized carbons (Fsp3) is 0.647. The molecule has 8 nitrogen and oxygen atoms in total. The van der Waals surface area contributed by atoms with Crippen LogP contribution in [0, 0.1) is 35.8 Å². The van der Waals surface area contributed by atoms with Gasteiger partial charge in [-0.3, -0.25) is 10.1 Å². The highest BCUT2D eigenvalue weighted by molar-refractivity contribution is 8.53. The molecular formula is C17H26BN3O5PS. The third-order valence-corrected chi connectivity index (χ3v) is 5.80. The molecule has 1 heterocycles. The smallest absolute Gasteiger partial charge is 0.351 e. The van der Waals surface area contributed by atoms with Crippen molar-refractivity contribution in [2.45, 2.75) is 51.7 Å². The third-order valence-electron chi connectivity index (χ3n) is 4.87. The number of nitrogens with zero attached hydrogens (tertiary/aromatic N) is 3. The summed E-state index contributed by atoms with van der Waals surface area (Å²) in [6, 6.07) is 0. The van der Waals surface area contributed by atoms with Gasteiger partial charge in [-0.15, -0.1) is 6.58 Å². The molecule has 1 radical (unpaired) electrons. The summed E-state index contributed by atoms with van der Waals surface area (Å²) in [6.07, 6.45) is 3.07. The van der Waals surface area contributed by atoms with Gasteiger partial charge >= 0.3 is 5.69 Å². The summed E-state index contributed by atoms with van der Waals surface area (Å²) >= 11 is 0.953. The molecule has 0 saturated heterocycles. The van der Waals surface area contributed by atoms with Crippen molar-refractivity contribution in [3.63, 3.8) is 0 Å². The van der Waals surface area contributed by atoms with E-state index in [4.69, 9.17) is 11.5 Å². The monoisotopic (exact) mass is 429 g/mol. The number of hydrogen-bond donors (Lipinski definition) is 1. The van der Waals surface area contributed by atoms with E-state index >= 15 is 0 Å². The molecule has 1 aromatic heterocycles. The predicted octanol–water partition coefficient (Wildman–Crippen LogP) is 3.18. The maximum absolute atomic E-state index is 11.5. The van der Waals surface area contributed by atoms with Crippen molar-refractivity contribution in [2.75, 3.05) is 6.61 Å². The Morgan fingerprint density at radius 3 is 3.04 bits per heavy atom. The van der Waals surface area contributed by atoms with Crippen LogP contribution in [0.15, 0.2) is 12.7 Å². The van der Waals surface area contributed by atoms with E-state index in [1.807, 2.05) is 0 Å². The third kappa shape index (κ3) is 5.89. The molecule has 1 N–H and O–H groups in total. The van der Waals surface area contributed by atoms with Crippen LogP contribution in [0.2, 0.25) is 0 Å². The molecule has 0 aromatic carbocycles. The van der Waals surface area contributed by atoms with Crippen LogP contribution in [0.1, 0.15) is 37.2 Å². The molecule has 1 aliphatic rings. The van der Waals surface area contributed by atoms with Crippen molar-refractivity contribution in [1.82, 2.24) is 9.97 Å². The van der Waals surface area contributed by atoms with Gasteiger partial charge in [-0.05, 0) is 46.8 Å². The lowest BCUT2D eigenvalue weighted by Gasteiger charge is -2.23. The highest BCUT2D eigenvalue weighted by atomic mass is 32.7. The Hall–Kier alpha value is -1.22. The van der Waals surface area contributed by atoms with Crippen LogP contribution in [0.25, 0.3) is 0 Å². The number of rotatable bonds is 12. The molecule has 153 valence electrons.